The van der Waals surface area contributed by atoms with Gasteiger partial charge in [-0.15, -0.1) is 0 Å². The van der Waals surface area contributed by atoms with Crippen LogP contribution in [-0.2, 0) is 6.54 Å². The number of carbonyl (C=O) groups excluding carboxylic acids is 1. The number of rotatable bonds is 7. The highest BCUT2D eigenvalue weighted by Gasteiger charge is 2.22. The van der Waals surface area contributed by atoms with Crippen molar-refractivity contribution in [1.82, 2.24) is 14.6 Å². The predicted octanol–water partition coefficient (Wildman–Crippen LogP) is 4.07. The van der Waals surface area contributed by atoms with Gasteiger partial charge in [-0.3, -0.25) is 9.36 Å². The van der Waals surface area contributed by atoms with Gasteiger partial charge in [-0.1, -0.05) is 11.2 Å². The summed E-state index contributed by atoms with van der Waals surface area (Å²) < 4.78 is 17.8. The van der Waals surface area contributed by atoms with E-state index in [1.807, 2.05) is 62.6 Å². The van der Waals surface area contributed by atoms with Gasteiger partial charge in [0.15, 0.2) is 17.3 Å². The zero-order valence-corrected chi connectivity index (χ0v) is 17.8. The average Bonchev–Trinajstić information content (AvgIpc) is 3.27. The molecule has 0 bridgehead atoms. The fraction of sp³-hybridized carbons (Fsp3) is 0.364. The van der Waals surface area contributed by atoms with Crippen LogP contribution in [0.1, 0.15) is 40.0 Å². The molecule has 0 spiro atoms. The van der Waals surface area contributed by atoms with Gasteiger partial charge in [-0.25, -0.2) is 0 Å². The van der Waals surface area contributed by atoms with Crippen LogP contribution < -0.4 is 9.47 Å². The number of carbonyl (C=O) groups is 1. The lowest BCUT2D eigenvalue weighted by atomic mass is 10.1. The molecule has 0 fully saturated rings. The predicted molar refractivity (Wildman–Crippen MR) is 110 cm³/mol. The molecule has 0 aliphatic rings. The molecule has 0 saturated heterocycles. The maximum Gasteiger partial charge on any atom is 0.255 e. The van der Waals surface area contributed by atoms with Crippen molar-refractivity contribution >= 4 is 5.91 Å². The largest absolute Gasteiger partial charge is 0.493 e. The Balaban J connectivity index is 1.89. The van der Waals surface area contributed by atoms with Gasteiger partial charge in [0.2, 0.25) is 0 Å². The molecule has 0 aliphatic heterocycles. The first-order chi connectivity index (χ1) is 13.9. The molecule has 0 aliphatic carbocycles. The number of hydrogen-bond donors (Lipinski definition) is 0. The van der Waals surface area contributed by atoms with Crippen LogP contribution in [0.2, 0.25) is 0 Å². The van der Waals surface area contributed by atoms with Gasteiger partial charge in [0.25, 0.3) is 5.91 Å². The van der Waals surface area contributed by atoms with Crippen LogP contribution >= 0.6 is 0 Å². The third kappa shape index (κ3) is 3.99. The molecule has 2 heterocycles. The minimum absolute atomic E-state index is 0.0261. The minimum atomic E-state index is -0.0261. The van der Waals surface area contributed by atoms with E-state index in [2.05, 4.69) is 5.16 Å². The Bertz CT molecular complexity index is 1020. The topological polar surface area (TPSA) is 69.7 Å². The van der Waals surface area contributed by atoms with Crippen molar-refractivity contribution in [3.05, 3.63) is 58.6 Å². The third-order valence-corrected chi connectivity index (χ3v) is 5.00. The first-order valence-corrected chi connectivity index (χ1v) is 9.52. The Morgan fingerprint density at radius 2 is 1.83 bits per heavy atom. The Labute approximate surface area is 170 Å². The van der Waals surface area contributed by atoms with Gasteiger partial charge in [-0.2, -0.15) is 0 Å². The Hall–Kier alpha value is -3.22. The molecule has 1 aromatic carbocycles. The van der Waals surface area contributed by atoms with Gasteiger partial charge in [0, 0.05) is 30.5 Å². The second-order valence-electron chi connectivity index (χ2n) is 6.92. The summed E-state index contributed by atoms with van der Waals surface area (Å²) in [5, 5.41) is 4.09. The van der Waals surface area contributed by atoms with Gasteiger partial charge < -0.3 is 18.9 Å². The summed E-state index contributed by atoms with van der Waals surface area (Å²) in [6.45, 7) is 8.76. The van der Waals surface area contributed by atoms with Crippen LogP contribution in [0.5, 0.6) is 11.5 Å². The molecule has 3 rings (SSSR count). The van der Waals surface area contributed by atoms with Crippen molar-refractivity contribution < 1.29 is 18.8 Å². The first kappa shape index (κ1) is 20.5. The van der Waals surface area contributed by atoms with Gasteiger partial charge >= 0.3 is 0 Å². The number of nitrogens with zero attached hydrogens (tertiary/aromatic N) is 3. The monoisotopic (exact) mass is 397 g/mol. The third-order valence-electron chi connectivity index (χ3n) is 5.00. The van der Waals surface area contributed by atoms with Crippen LogP contribution in [0, 0.1) is 20.8 Å². The number of hydrogen-bond acceptors (Lipinski definition) is 5. The standard InChI is InChI=1S/C22H27N3O4/c1-7-24(13-17-8-9-19(27-5)20(12-17)28-6)22(26)18-10-14(2)25(16(18)4)21-11-15(3)29-23-21/h8-12H,7,13H2,1-6H3. The summed E-state index contributed by atoms with van der Waals surface area (Å²) in [4.78, 5) is 15.1. The summed E-state index contributed by atoms with van der Waals surface area (Å²) in [7, 11) is 3.20. The molecular weight excluding hydrogens is 370 g/mol. The van der Waals surface area contributed by atoms with E-state index in [1.54, 1.807) is 19.1 Å². The quantitative estimate of drug-likeness (QED) is 0.601. The molecule has 1 amide bonds. The fourth-order valence-corrected chi connectivity index (χ4v) is 3.49. The van der Waals surface area contributed by atoms with Crippen molar-refractivity contribution in [3.63, 3.8) is 0 Å². The highest BCUT2D eigenvalue weighted by molar-refractivity contribution is 5.96. The first-order valence-electron chi connectivity index (χ1n) is 9.52. The van der Waals surface area contributed by atoms with Crippen molar-refractivity contribution in [3.8, 4) is 17.3 Å². The van der Waals surface area contributed by atoms with E-state index >= 15 is 0 Å². The van der Waals surface area contributed by atoms with Gasteiger partial charge in [0.05, 0.1) is 19.8 Å². The van der Waals surface area contributed by atoms with E-state index in [-0.39, 0.29) is 5.91 Å². The van der Waals surface area contributed by atoms with Crippen molar-refractivity contribution in [2.24, 2.45) is 0 Å². The Morgan fingerprint density at radius 3 is 2.41 bits per heavy atom. The highest BCUT2D eigenvalue weighted by atomic mass is 16.5. The van der Waals surface area contributed by atoms with E-state index in [4.69, 9.17) is 14.0 Å². The number of aryl methyl sites for hydroxylation is 2. The molecule has 0 N–H and O–H groups in total. The molecule has 7 heteroatoms. The van der Waals surface area contributed by atoms with E-state index < -0.39 is 0 Å². The molecule has 7 nitrogen and oxygen atoms in total. The number of methoxy groups -OCH3 is 2. The SMILES string of the molecule is CCN(Cc1ccc(OC)c(OC)c1)C(=O)c1cc(C)n(-c2cc(C)on2)c1C. The molecule has 2 aromatic heterocycles. The summed E-state index contributed by atoms with van der Waals surface area (Å²) in [6, 6.07) is 9.45. The molecule has 0 atom stereocenters. The van der Waals surface area contributed by atoms with E-state index in [0.29, 0.717) is 36.0 Å². The summed E-state index contributed by atoms with van der Waals surface area (Å²) in [6.07, 6.45) is 0. The molecular formula is C22H27N3O4. The Morgan fingerprint density at radius 1 is 1.10 bits per heavy atom. The smallest absolute Gasteiger partial charge is 0.255 e. The molecule has 0 saturated carbocycles. The maximum atomic E-state index is 13.3. The molecule has 3 aromatic rings. The zero-order valence-electron chi connectivity index (χ0n) is 17.8. The zero-order chi connectivity index (χ0) is 21.1. The number of ether oxygens (including phenoxy) is 2. The van der Waals surface area contributed by atoms with Gasteiger partial charge in [-0.05, 0) is 51.5 Å². The van der Waals surface area contributed by atoms with Crippen LogP contribution in [0.15, 0.2) is 34.9 Å². The van der Waals surface area contributed by atoms with Gasteiger partial charge in [0.1, 0.15) is 5.76 Å². The lowest BCUT2D eigenvalue weighted by Crippen LogP contribution is -2.30. The normalized spacial score (nSPS) is 10.8. The molecule has 0 radical (unpaired) electrons. The van der Waals surface area contributed by atoms with Crippen molar-refractivity contribution in [2.75, 3.05) is 20.8 Å². The van der Waals surface area contributed by atoms with Crippen LogP contribution in [0.4, 0.5) is 0 Å². The lowest BCUT2D eigenvalue weighted by molar-refractivity contribution is 0.0751. The summed E-state index contributed by atoms with van der Waals surface area (Å²) >= 11 is 0. The average molecular weight is 397 g/mol. The minimum Gasteiger partial charge on any atom is -0.493 e. The summed E-state index contributed by atoms with van der Waals surface area (Å²) in [5.74, 6) is 2.69. The van der Waals surface area contributed by atoms with Crippen molar-refractivity contribution in [2.45, 2.75) is 34.2 Å². The Kier molecular flexibility index (Phi) is 5.96. The highest BCUT2D eigenvalue weighted by Crippen LogP contribution is 2.28. The summed E-state index contributed by atoms with van der Waals surface area (Å²) in [5.41, 5.74) is 3.40. The lowest BCUT2D eigenvalue weighted by Gasteiger charge is -2.22. The van der Waals surface area contributed by atoms with Crippen LogP contribution in [0.25, 0.3) is 5.82 Å². The second kappa shape index (κ2) is 8.43. The van der Waals surface area contributed by atoms with Crippen molar-refractivity contribution in [1.29, 1.82) is 0 Å². The molecule has 0 unspecified atom stereocenters. The van der Waals surface area contributed by atoms with E-state index in [9.17, 15) is 4.79 Å². The maximum absolute atomic E-state index is 13.3. The van der Waals surface area contributed by atoms with Crippen LogP contribution in [0.3, 0.4) is 0 Å². The number of amides is 1. The molecule has 154 valence electrons. The number of benzene rings is 1. The number of aromatic nitrogens is 2. The molecule has 29 heavy (non-hydrogen) atoms. The van der Waals surface area contributed by atoms with E-state index in [0.717, 1.165) is 22.7 Å². The fourth-order valence-electron chi connectivity index (χ4n) is 3.49. The van der Waals surface area contributed by atoms with E-state index in [1.165, 1.54) is 0 Å². The second-order valence-corrected chi connectivity index (χ2v) is 6.92. The van der Waals surface area contributed by atoms with Crippen LogP contribution in [-0.4, -0.2) is 41.3 Å².